The van der Waals surface area contributed by atoms with Gasteiger partial charge in [-0.2, -0.15) is 0 Å². The molecular weight excluding hydrogens is 250 g/mol. The van der Waals surface area contributed by atoms with Gasteiger partial charge in [0.05, 0.1) is 4.83 Å². The Morgan fingerprint density at radius 1 is 1.71 bits per heavy atom. The highest BCUT2D eigenvalue weighted by molar-refractivity contribution is 9.09. The molecule has 0 aliphatic heterocycles. The summed E-state index contributed by atoms with van der Waals surface area (Å²) < 4.78 is 1.78. The van der Waals surface area contributed by atoms with Crippen LogP contribution in [-0.2, 0) is 13.5 Å². The fourth-order valence-electron chi connectivity index (χ4n) is 1.44. The van der Waals surface area contributed by atoms with E-state index in [2.05, 4.69) is 20.9 Å². The molecule has 14 heavy (non-hydrogen) atoms. The Balaban J connectivity index is 3.35. The maximum atomic E-state index is 10.7. The zero-order chi connectivity index (χ0) is 10.9. The first-order valence-electron chi connectivity index (χ1n) is 4.33. The third-order valence-electron chi connectivity index (χ3n) is 2.08. The van der Waals surface area contributed by atoms with E-state index in [-0.39, 0.29) is 10.6 Å². The number of hydrogen-bond donors (Lipinski definition) is 0. The maximum Gasteiger partial charge on any atom is 0.386 e. The monoisotopic (exact) mass is 261 g/mol. The molecule has 78 valence electrons. The van der Waals surface area contributed by atoms with E-state index in [0.717, 1.165) is 5.82 Å². The minimum atomic E-state index is -0.438. The van der Waals surface area contributed by atoms with Crippen LogP contribution in [0.4, 0.5) is 5.82 Å². The van der Waals surface area contributed by atoms with Gasteiger partial charge in [-0.15, -0.1) is 0 Å². The number of imidazole rings is 1. The lowest BCUT2D eigenvalue weighted by Gasteiger charge is -2.03. The Hall–Kier alpha value is -0.910. The Bertz CT molecular complexity index is 360. The van der Waals surface area contributed by atoms with Crippen molar-refractivity contribution >= 4 is 21.7 Å². The smallest absolute Gasteiger partial charge is 0.358 e. The van der Waals surface area contributed by atoms with Gasteiger partial charge in [-0.3, -0.25) is 0 Å². The fourth-order valence-corrected chi connectivity index (χ4v) is 1.95. The largest absolute Gasteiger partial charge is 0.386 e. The number of aryl methyl sites for hydroxylation is 1. The quantitative estimate of drug-likeness (QED) is 0.477. The third-order valence-corrected chi connectivity index (χ3v) is 2.51. The Morgan fingerprint density at radius 2 is 2.29 bits per heavy atom. The van der Waals surface area contributed by atoms with E-state index in [1.54, 1.807) is 11.6 Å². The van der Waals surface area contributed by atoms with E-state index in [0.29, 0.717) is 12.1 Å². The topological polar surface area (TPSA) is 61.0 Å². The minimum absolute atomic E-state index is 0.0475. The van der Waals surface area contributed by atoms with Crippen molar-refractivity contribution in [2.45, 2.75) is 25.1 Å². The molecule has 0 amide bonds. The second-order valence-corrected chi connectivity index (χ2v) is 4.40. The van der Waals surface area contributed by atoms with Gasteiger partial charge in [-0.05, 0) is 16.8 Å². The number of aromatic nitrogens is 2. The van der Waals surface area contributed by atoms with Crippen LogP contribution in [-0.4, -0.2) is 14.5 Å². The fraction of sp³-hybridized carbons (Fsp3) is 0.625. The van der Waals surface area contributed by atoms with Crippen molar-refractivity contribution in [1.82, 2.24) is 9.55 Å². The average molecular weight is 262 g/mol. The van der Waals surface area contributed by atoms with Crippen molar-refractivity contribution in [3.8, 4) is 0 Å². The first kappa shape index (κ1) is 11.2. The van der Waals surface area contributed by atoms with Crippen molar-refractivity contribution < 1.29 is 4.92 Å². The van der Waals surface area contributed by atoms with Crippen molar-refractivity contribution in [3.63, 3.8) is 0 Å². The second kappa shape index (κ2) is 4.08. The predicted octanol–water partition coefficient (Wildman–Crippen LogP) is 2.35. The molecule has 0 bridgehead atoms. The summed E-state index contributed by atoms with van der Waals surface area (Å²) in [5.41, 5.74) is 0.617. The molecule has 1 heterocycles. The lowest BCUT2D eigenvalue weighted by molar-refractivity contribution is -0.390. The molecule has 0 fully saturated rings. The number of nitrogens with zero attached hydrogens (tertiary/aromatic N) is 3. The van der Waals surface area contributed by atoms with E-state index in [1.807, 2.05) is 13.8 Å². The van der Waals surface area contributed by atoms with Crippen LogP contribution < -0.4 is 0 Å². The third kappa shape index (κ3) is 1.79. The molecule has 0 aliphatic rings. The van der Waals surface area contributed by atoms with Gasteiger partial charge in [0.15, 0.2) is 0 Å². The Morgan fingerprint density at radius 3 is 2.57 bits per heavy atom. The molecule has 1 aromatic rings. The molecule has 1 atom stereocenters. The second-order valence-electron chi connectivity index (χ2n) is 3.02. The molecule has 0 aliphatic carbocycles. The van der Waals surface area contributed by atoms with Crippen LogP contribution in [0.25, 0.3) is 0 Å². The average Bonchev–Trinajstić information content (AvgIpc) is 2.42. The molecule has 5 nitrogen and oxygen atoms in total. The SMILES string of the molecule is CCc1nc([N+](=O)[O-])c(C(C)Br)n1C. The summed E-state index contributed by atoms with van der Waals surface area (Å²) in [4.78, 5) is 14.2. The summed E-state index contributed by atoms with van der Waals surface area (Å²) in [6.07, 6.45) is 0.692. The predicted molar refractivity (Wildman–Crippen MR) is 56.6 cm³/mol. The van der Waals surface area contributed by atoms with Crippen molar-refractivity contribution in [2.75, 3.05) is 0 Å². The van der Waals surface area contributed by atoms with E-state index >= 15 is 0 Å². The van der Waals surface area contributed by atoms with Crippen LogP contribution in [0.15, 0.2) is 0 Å². The number of nitro groups is 1. The molecule has 0 saturated carbocycles. The first-order chi connectivity index (χ1) is 6.49. The van der Waals surface area contributed by atoms with Crippen LogP contribution in [0.2, 0.25) is 0 Å². The van der Waals surface area contributed by atoms with Crippen LogP contribution in [0.1, 0.15) is 30.2 Å². The molecule has 1 unspecified atom stereocenters. The van der Waals surface area contributed by atoms with E-state index in [1.165, 1.54) is 0 Å². The maximum absolute atomic E-state index is 10.7. The summed E-state index contributed by atoms with van der Waals surface area (Å²) in [6, 6.07) is 0. The van der Waals surface area contributed by atoms with Gasteiger partial charge in [0.25, 0.3) is 0 Å². The van der Waals surface area contributed by atoms with Crippen LogP contribution in [0, 0.1) is 10.1 Å². The Labute approximate surface area is 90.4 Å². The molecule has 0 saturated heterocycles. The first-order valence-corrected chi connectivity index (χ1v) is 5.24. The van der Waals surface area contributed by atoms with Gasteiger partial charge >= 0.3 is 5.82 Å². The zero-order valence-electron chi connectivity index (χ0n) is 8.32. The van der Waals surface area contributed by atoms with Crippen molar-refractivity contribution in [1.29, 1.82) is 0 Å². The van der Waals surface area contributed by atoms with E-state index < -0.39 is 4.92 Å². The minimum Gasteiger partial charge on any atom is -0.358 e. The molecule has 6 heteroatoms. The highest BCUT2D eigenvalue weighted by Crippen LogP contribution is 2.30. The van der Waals surface area contributed by atoms with Crippen LogP contribution in [0.3, 0.4) is 0 Å². The van der Waals surface area contributed by atoms with Crippen LogP contribution in [0.5, 0.6) is 0 Å². The van der Waals surface area contributed by atoms with E-state index in [4.69, 9.17) is 0 Å². The van der Waals surface area contributed by atoms with Gasteiger partial charge in [0, 0.05) is 13.5 Å². The summed E-state index contributed by atoms with van der Waals surface area (Å²) in [5, 5.41) is 10.7. The summed E-state index contributed by atoms with van der Waals surface area (Å²) in [6.45, 7) is 3.78. The normalized spacial score (nSPS) is 12.9. The number of alkyl halides is 1. The lowest BCUT2D eigenvalue weighted by Crippen LogP contribution is -2.02. The molecule has 0 spiro atoms. The highest BCUT2D eigenvalue weighted by Gasteiger charge is 2.27. The van der Waals surface area contributed by atoms with Gasteiger partial charge in [-0.1, -0.05) is 22.9 Å². The molecule has 0 N–H and O–H groups in total. The summed E-state index contributed by atoms with van der Waals surface area (Å²) >= 11 is 3.33. The summed E-state index contributed by atoms with van der Waals surface area (Å²) in [7, 11) is 1.80. The van der Waals surface area contributed by atoms with E-state index in [9.17, 15) is 10.1 Å². The van der Waals surface area contributed by atoms with Gasteiger partial charge in [0.1, 0.15) is 5.69 Å². The molecule has 0 aromatic carbocycles. The molecule has 1 rings (SSSR count). The number of rotatable bonds is 3. The standard InChI is InChI=1S/C8H12BrN3O2/c1-4-6-10-8(12(13)14)7(5(2)9)11(6)3/h5H,4H2,1-3H3. The van der Waals surface area contributed by atoms with Crippen molar-refractivity contribution in [3.05, 3.63) is 21.6 Å². The molecule has 1 aromatic heterocycles. The van der Waals surface area contributed by atoms with Gasteiger partial charge < -0.3 is 14.7 Å². The Kier molecular flexibility index (Phi) is 3.25. The highest BCUT2D eigenvalue weighted by atomic mass is 79.9. The number of hydrogen-bond acceptors (Lipinski definition) is 3. The summed E-state index contributed by atoms with van der Waals surface area (Å²) in [5.74, 6) is 0.687. The van der Waals surface area contributed by atoms with Crippen LogP contribution >= 0.6 is 15.9 Å². The molecule has 0 radical (unpaired) electrons. The lowest BCUT2D eigenvalue weighted by atomic mass is 10.3. The van der Waals surface area contributed by atoms with Gasteiger partial charge in [-0.25, -0.2) is 0 Å². The van der Waals surface area contributed by atoms with Gasteiger partial charge in [0.2, 0.25) is 5.82 Å². The molecular formula is C8H12BrN3O2. The zero-order valence-corrected chi connectivity index (χ0v) is 9.91. The van der Waals surface area contributed by atoms with Crippen molar-refractivity contribution in [2.24, 2.45) is 7.05 Å². The number of halogens is 1.